The molecule has 1 aromatic heterocycles. The molecule has 3 heterocycles. The average Bonchev–Trinajstić information content (AvgIpc) is 1.64. The number of benzene rings is 11. The van der Waals surface area contributed by atoms with Gasteiger partial charge in [0.1, 0.15) is 23.9 Å². The van der Waals surface area contributed by atoms with Crippen molar-refractivity contribution in [1.82, 2.24) is 9.47 Å². The number of aromatic nitrogens is 1. The van der Waals surface area contributed by atoms with Gasteiger partial charge in [-0.1, -0.05) is 193 Å². The van der Waals surface area contributed by atoms with Crippen LogP contribution in [0.5, 0.6) is 57.5 Å². The lowest BCUT2D eigenvalue weighted by Crippen LogP contribution is -2.30. The highest BCUT2D eigenvalue weighted by molar-refractivity contribution is 9.10. The lowest BCUT2D eigenvalue weighted by Gasteiger charge is -2.15. The van der Waals surface area contributed by atoms with Crippen molar-refractivity contribution in [3.8, 4) is 57.5 Å². The number of rotatable bonds is 23. The number of anilines is 1. The fourth-order valence-electron chi connectivity index (χ4n) is 11.2. The number of nitrogens with zero attached hydrogens (tertiary/aromatic N) is 3. The van der Waals surface area contributed by atoms with Crippen LogP contribution in [0.1, 0.15) is 129 Å². The Morgan fingerprint density at radius 2 is 1.05 bits per heavy atom. The van der Waals surface area contributed by atoms with Gasteiger partial charge in [-0.2, -0.15) is 8.42 Å². The van der Waals surface area contributed by atoms with Gasteiger partial charge < -0.3 is 56.5 Å². The van der Waals surface area contributed by atoms with E-state index in [2.05, 4.69) is 47.2 Å². The van der Waals surface area contributed by atoms with Gasteiger partial charge in [0.15, 0.2) is 40.1 Å². The summed E-state index contributed by atoms with van der Waals surface area (Å²) in [5.74, 6) is 6.10. The molecule has 126 heavy (non-hydrogen) atoms. The van der Waals surface area contributed by atoms with E-state index in [9.17, 15) is 32.9 Å². The molecule has 676 valence electrons. The number of oxazole rings is 1. The quantitative estimate of drug-likeness (QED) is 0.0270. The van der Waals surface area contributed by atoms with Crippen LogP contribution in [0.4, 0.5) is 11.4 Å². The maximum atomic E-state index is 11.7. The summed E-state index contributed by atoms with van der Waals surface area (Å²) >= 11 is 31.9. The smallest absolute Gasteiger partial charge is 0.419 e. The molecule has 14 rings (SSSR count). The Bertz CT molecular complexity index is 5380. The van der Waals surface area contributed by atoms with E-state index in [1.165, 1.54) is 30.1 Å². The van der Waals surface area contributed by atoms with Gasteiger partial charge in [0.2, 0.25) is 12.5 Å². The first-order valence-corrected chi connectivity index (χ1v) is 44.5. The molecule has 2 aliphatic rings. The first-order chi connectivity index (χ1) is 59.9. The SMILES string of the molecule is C.CCCN1C(=O)c2ccccc2C1=O.CCCc1ccc2c(c1)OCO2.CCCn1c(=O)oc2ccccc21.CCNc1cccc(Cl)c1.CCOc1ccc(Cl)cc1Cl.CCOc1cccc(Cl)c1.CCOc1cccc(Cl)c1.COc1cc(Br)c(C)cc1OS(C)(=O)=O.COc1cc(C)cc(OC)c1OCc1ccccc1.Cc1ccc([N+](=O)[O-])cc1C. The van der Waals surface area contributed by atoms with E-state index >= 15 is 0 Å². The highest BCUT2D eigenvalue weighted by Gasteiger charge is 2.34. The molecule has 0 spiro atoms. The van der Waals surface area contributed by atoms with Crippen molar-refractivity contribution >= 4 is 118 Å². The Morgan fingerprint density at radius 1 is 0.500 bits per heavy atom. The zero-order chi connectivity index (χ0) is 92.0. The first kappa shape index (κ1) is 107. The number of nitrogens with one attached hydrogen (secondary N) is 1. The van der Waals surface area contributed by atoms with Gasteiger partial charge in [0, 0.05) is 62.0 Å². The Kier molecular flexibility index (Phi) is 48.9. The van der Waals surface area contributed by atoms with Crippen molar-refractivity contribution in [2.24, 2.45) is 0 Å². The summed E-state index contributed by atoms with van der Waals surface area (Å²) in [7, 11) is 1.17. The minimum absolute atomic E-state index is 0. The third-order valence-corrected chi connectivity index (χ3v) is 19.7. The van der Waals surface area contributed by atoms with Gasteiger partial charge in [-0.05, 0) is 241 Å². The normalized spacial score (nSPS) is 10.8. The van der Waals surface area contributed by atoms with E-state index in [-0.39, 0.29) is 41.4 Å². The van der Waals surface area contributed by atoms with E-state index in [1.54, 1.807) is 97.6 Å². The average molecular weight is 1910 g/mol. The number of methoxy groups -OCH3 is 3. The van der Waals surface area contributed by atoms with Crippen molar-refractivity contribution < 1.29 is 74.2 Å². The second-order valence-corrected chi connectivity index (χ2v) is 31.5. The molecular weight excluding hydrogens is 1800 g/mol. The molecule has 0 unspecified atom stereocenters. The number of hydrogen-bond acceptors (Lipinski definition) is 19. The van der Waals surface area contributed by atoms with Crippen LogP contribution in [0.25, 0.3) is 11.1 Å². The number of non-ortho nitro benzene ring substituents is 1. The van der Waals surface area contributed by atoms with Crippen LogP contribution in [0.15, 0.2) is 244 Å². The molecule has 12 aromatic rings. The number of para-hydroxylation sites is 2. The minimum atomic E-state index is -3.53. The molecule has 0 fully saturated rings. The summed E-state index contributed by atoms with van der Waals surface area (Å²) in [5, 5.41) is 16.8. The summed E-state index contributed by atoms with van der Waals surface area (Å²) in [4.78, 5) is 45.9. The molecule has 2 amide bonds. The fraction of sp³-hybridized carbons (Fsp3) is 0.289. The molecule has 0 atom stereocenters. The van der Waals surface area contributed by atoms with Crippen LogP contribution >= 0.6 is 73.9 Å². The number of nitro groups is 1. The Morgan fingerprint density at radius 3 is 1.56 bits per heavy atom. The molecule has 0 radical (unpaired) electrons. The number of imide groups is 1. The number of nitro benzene ring substituents is 1. The summed E-state index contributed by atoms with van der Waals surface area (Å²) in [6.07, 6.45) is 5.00. The van der Waals surface area contributed by atoms with Crippen LogP contribution in [0, 0.1) is 37.8 Å². The Hall–Kier alpha value is -11.1. The number of carbonyl (C=O) groups is 2. The van der Waals surface area contributed by atoms with Crippen molar-refractivity contribution in [2.45, 2.75) is 122 Å². The maximum Gasteiger partial charge on any atom is 0.419 e. The zero-order valence-electron chi connectivity index (χ0n) is 72.8. The van der Waals surface area contributed by atoms with Gasteiger partial charge in [-0.25, -0.2) is 4.79 Å². The second kappa shape index (κ2) is 57.5. The summed E-state index contributed by atoms with van der Waals surface area (Å²) < 4.78 is 81.9. The van der Waals surface area contributed by atoms with Crippen molar-refractivity contribution in [1.29, 1.82) is 0 Å². The third kappa shape index (κ3) is 37.2. The molecule has 0 saturated carbocycles. The number of ether oxygens (including phenoxy) is 9. The van der Waals surface area contributed by atoms with E-state index in [4.69, 9.17) is 109 Å². The number of amides is 2. The van der Waals surface area contributed by atoms with Gasteiger partial charge in [-0.3, -0.25) is 29.2 Å². The lowest BCUT2D eigenvalue weighted by atomic mass is 10.1. The molecule has 0 bridgehead atoms. The predicted molar refractivity (Wildman–Crippen MR) is 513 cm³/mol. The van der Waals surface area contributed by atoms with E-state index in [1.807, 2.05) is 196 Å². The second-order valence-electron chi connectivity index (χ2n) is 26.9. The molecule has 29 heteroatoms. The van der Waals surface area contributed by atoms with Crippen LogP contribution in [-0.2, 0) is 29.7 Å². The van der Waals surface area contributed by atoms with Gasteiger partial charge >= 0.3 is 15.9 Å². The fourth-order valence-corrected chi connectivity index (χ4v) is 13.0. The summed E-state index contributed by atoms with van der Waals surface area (Å²) in [6.45, 7) is 26.6. The molecular formula is C97H112BrCl5N4O18S. The van der Waals surface area contributed by atoms with E-state index < -0.39 is 10.1 Å². The van der Waals surface area contributed by atoms with Crippen molar-refractivity contribution in [3.63, 3.8) is 0 Å². The molecule has 0 aliphatic carbocycles. The molecule has 2 aliphatic heterocycles. The summed E-state index contributed by atoms with van der Waals surface area (Å²) in [5.41, 5.74) is 10.3. The predicted octanol–water partition coefficient (Wildman–Crippen LogP) is 26.2. The van der Waals surface area contributed by atoms with Crippen molar-refractivity contribution in [3.05, 3.63) is 325 Å². The van der Waals surface area contributed by atoms with Gasteiger partial charge in [-0.15, -0.1) is 0 Å². The minimum Gasteiger partial charge on any atom is -0.494 e. The molecule has 22 nitrogen and oxygen atoms in total. The Balaban J connectivity index is 0.000000295. The van der Waals surface area contributed by atoms with Crippen LogP contribution in [0.2, 0.25) is 25.1 Å². The highest BCUT2D eigenvalue weighted by atomic mass is 79.9. The zero-order valence-corrected chi connectivity index (χ0v) is 79.0. The standard InChI is InChI=1S/C16H18O3.C11H11NO2.C10H11NO2.C10H12O2.C9H11BrO4S.C8H8Cl2O.C8H10ClN.2C8H9ClO.C8H9NO2.CH4/c1-12-9-14(17-2)16(15(10-12)18-3)19-11-13-7-5-4-6-8-13;1-2-7-12-10(13)8-5-3-4-6-9(8)11(12)14;1-2-7-11-8-5-3-4-6-9(8)13-10(11)12;1-2-3-8-4-5-9-10(6-8)12-7-11-9;1-6-4-9(14-15(3,11)12)8(13-2)5-7(6)10;1-2-11-8-4-3-6(9)5-7(8)10;3*1-2-10-8-5-3-4-7(9)6-8;1-6-3-4-8(9(10)11)5-7(6)2;/h4-10H,11H2,1-3H3;3-6H,2,7H2,1H3;3-6H,2,7H2,1H3;4-6H,2-3,7H2,1H3;4-5H,1-3H3;3-5H,2H2,1H3;3-6,10H,2H2,1H3;2*3-6H,2H2,1H3;3-5H,1-2H3;1H4. The van der Waals surface area contributed by atoms with E-state index in [0.29, 0.717) is 105 Å². The van der Waals surface area contributed by atoms with Crippen molar-refractivity contribution in [2.75, 3.05) is 72.6 Å². The lowest BCUT2D eigenvalue weighted by molar-refractivity contribution is -0.384. The van der Waals surface area contributed by atoms with Gasteiger partial charge in [0.25, 0.3) is 17.5 Å². The number of hydrogen-bond donors (Lipinski definition) is 1. The molecule has 1 N–H and O–H groups in total. The number of aryl methyl sites for hydroxylation is 6. The number of fused-ring (bicyclic) bond motifs is 3. The first-order valence-electron chi connectivity index (χ1n) is 40.0. The third-order valence-electron chi connectivity index (χ3n) is 17.2. The van der Waals surface area contributed by atoms with Gasteiger partial charge in [0.05, 0.1) is 74.0 Å². The molecule has 11 aromatic carbocycles. The van der Waals surface area contributed by atoms with Crippen LogP contribution in [0.3, 0.4) is 0 Å². The Labute approximate surface area is 774 Å². The number of halogens is 6. The molecule has 0 saturated heterocycles. The largest absolute Gasteiger partial charge is 0.494 e. The van der Waals surface area contributed by atoms with Crippen LogP contribution < -0.4 is 57.9 Å². The topological polar surface area (TPSA) is 254 Å². The maximum absolute atomic E-state index is 11.7. The van der Waals surface area contributed by atoms with Crippen LogP contribution in [-0.4, -0.2) is 102 Å². The monoisotopic (exact) mass is 1910 g/mol. The summed E-state index contributed by atoms with van der Waals surface area (Å²) in [6, 6.07) is 70.2. The van der Waals surface area contributed by atoms with E-state index in [0.717, 1.165) is 110 Å². The number of carbonyl (C=O) groups excluding carboxylic acids is 2. The highest BCUT2D eigenvalue weighted by Crippen LogP contribution is 2.40.